The normalized spacial score (nSPS) is 19.5. The van der Waals surface area contributed by atoms with E-state index in [4.69, 9.17) is 10.00 Å². The molecule has 1 heterocycles. The molecule has 1 aliphatic heterocycles. The fourth-order valence-electron chi connectivity index (χ4n) is 2.55. The fourth-order valence-corrected chi connectivity index (χ4v) is 2.55. The molecule has 0 N–H and O–H groups in total. The van der Waals surface area contributed by atoms with Gasteiger partial charge in [-0.2, -0.15) is 5.26 Å². The highest BCUT2D eigenvalue weighted by atomic mass is 16.5. The molecular formula is C13H11NO. The van der Waals surface area contributed by atoms with Crippen molar-refractivity contribution in [1.82, 2.24) is 0 Å². The molecule has 0 atom stereocenters. The molecule has 0 fully saturated rings. The van der Waals surface area contributed by atoms with Gasteiger partial charge in [0, 0.05) is 18.1 Å². The second-order valence-corrected chi connectivity index (χ2v) is 3.97. The van der Waals surface area contributed by atoms with Gasteiger partial charge >= 0.3 is 0 Å². The number of rotatable bonds is 0. The van der Waals surface area contributed by atoms with Gasteiger partial charge in [-0.1, -0.05) is 6.07 Å². The Morgan fingerprint density at radius 3 is 3.07 bits per heavy atom. The minimum absolute atomic E-state index is 0.783. The zero-order chi connectivity index (χ0) is 10.3. The van der Waals surface area contributed by atoms with Crippen LogP contribution in [0.15, 0.2) is 18.2 Å². The average Bonchev–Trinajstić information content (AvgIpc) is 2.83. The number of aryl methyl sites for hydroxylation is 1. The Balaban J connectivity index is 2.23. The molecular weight excluding hydrogens is 186 g/mol. The summed E-state index contributed by atoms with van der Waals surface area (Å²) in [6, 6.07) is 6.34. The van der Waals surface area contributed by atoms with Crippen molar-refractivity contribution in [1.29, 1.82) is 5.26 Å². The quantitative estimate of drug-likeness (QED) is 0.598. The van der Waals surface area contributed by atoms with E-state index in [1.54, 1.807) is 6.08 Å². The van der Waals surface area contributed by atoms with Crippen LogP contribution in [0, 0.1) is 11.3 Å². The number of ether oxygens (including phenoxy) is 1. The first-order valence-electron chi connectivity index (χ1n) is 5.27. The molecule has 0 aromatic heterocycles. The molecule has 2 aliphatic rings. The van der Waals surface area contributed by atoms with Gasteiger partial charge in [-0.3, -0.25) is 0 Å². The van der Waals surface area contributed by atoms with E-state index in [1.165, 1.54) is 22.3 Å². The fraction of sp³-hybridized carbons (Fsp3) is 0.308. The summed E-state index contributed by atoms with van der Waals surface area (Å²) in [6.45, 7) is 0.783. The van der Waals surface area contributed by atoms with Gasteiger partial charge in [0.1, 0.15) is 5.75 Å². The van der Waals surface area contributed by atoms with E-state index in [0.717, 1.165) is 31.6 Å². The molecule has 2 nitrogen and oxygen atoms in total. The SMILES string of the molecule is N#C/C=C1/CCc2ccc3c(c21)CCO3. The molecule has 0 unspecified atom stereocenters. The van der Waals surface area contributed by atoms with Crippen molar-refractivity contribution in [3.8, 4) is 11.8 Å². The number of nitriles is 1. The van der Waals surface area contributed by atoms with Gasteiger partial charge < -0.3 is 4.74 Å². The van der Waals surface area contributed by atoms with Crippen LogP contribution < -0.4 is 4.74 Å². The van der Waals surface area contributed by atoms with E-state index >= 15 is 0 Å². The van der Waals surface area contributed by atoms with Crippen LogP contribution in [0.5, 0.6) is 5.75 Å². The standard InChI is InChI=1S/C13H11NO/c14-7-5-10-2-1-9-3-4-12-11(13(9)10)6-8-15-12/h3-5H,1-2,6,8H2/b10-5-. The van der Waals surface area contributed by atoms with E-state index in [1.807, 2.05) is 0 Å². The van der Waals surface area contributed by atoms with Gasteiger partial charge in [-0.05, 0) is 35.6 Å². The predicted molar refractivity (Wildman–Crippen MR) is 57.6 cm³/mol. The monoisotopic (exact) mass is 197 g/mol. The number of nitrogens with zero attached hydrogens (tertiary/aromatic N) is 1. The largest absolute Gasteiger partial charge is 0.493 e. The summed E-state index contributed by atoms with van der Waals surface area (Å²) in [5.74, 6) is 1.01. The van der Waals surface area contributed by atoms with Crippen LogP contribution in [0.3, 0.4) is 0 Å². The zero-order valence-electron chi connectivity index (χ0n) is 8.42. The Labute approximate surface area is 88.8 Å². The van der Waals surface area contributed by atoms with Crippen molar-refractivity contribution in [2.24, 2.45) is 0 Å². The van der Waals surface area contributed by atoms with Crippen LogP contribution in [0.1, 0.15) is 23.1 Å². The van der Waals surface area contributed by atoms with E-state index in [-0.39, 0.29) is 0 Å². The van der Waals surface area contributed by atoms with Crippen LogP contribution in [-0.2, 0) is 12.8 Å². The first-order chi connectivity index (χ1) is 7.40. The number of hydrogen-bond acceptors (Lipinski definition) is 2. The average molecular weight is 197 g/mol. The molecule has 0 radical (unpaired) electrons. The van der Waals surface area contributed by atoms with Gasteiger partial charge in [-0.25, -0.2) is 0 Å². The first-order valence-corrected chi connectivity index (χ1v) is 5.27. The lowest BCUT2D eigenvalue weighted by molar-refractivity contribution is 0.357. The third-order valence-electron chi connectivity index (χ3n) is 3.19. The number of allylic oxidation sites excluding steroid dienone is 2. The lowest BCUT2D eigenvalue weighted by atomic mass is 9.98. The molecule has 74 valence electrons. The maximum atomic E-state index is 8.74. The molecule has 2 heteroatoms. The van der Waals surface area contributed by atoms with Crippen LogP contribution in [0.4, 0.5) is 0 Å². The molecule has 0 saturated carbocycles. The van der Waals surface area contributed by atoms with E-state index in [9.17, 15) is 0 Å². The summed E-state index contributed by atoms with van der Waals surface area (Å²) in [7, 11) is 0. The van der Waals surface area contributed by atoms with Crippen molar-refractivity contribution in [2.45, 2.75) is 19.3 Å². The minimum Gasteiger partial charge on any atom is -0.493 e. The van der Waals surface area contributed by atoms with Gasteiger partial charge in [0.05, 0.1) is 12.7 Å². The van der Waals surface area contributed by atoms with Gasteiger partial charge in [0.25, 0.3) is 0 Å². The lowest BCUT2D eigenvalue weighted by Gasteiger charge is -2.06. The number of benzene rings is 1. The van der Waals surface area contributed by atoms with Gasteiger partial charge in [0.2, 0.25) is 0 Å². The van der Waals surface area contributed by atoms with Crippen molar-refractivity contribution in [3.63, 3.8) is 0 Å². The maximum absolute atomic E-state index is 8.74. The highest BCUT2D eigenvalue weighted by Gasteiger charge is 2.25. The Morgan fingerprint density at radius 2 is 2.20 bits per heavy atom. The molecule has 1 aromatic carbocycles. The summed E-state index contributed by atoms with van der Waals surface area (Å²) in [5.41, 5.74) is 5.17. The van der Waals surface area contributed by atoms with E-state index in [2.05, 4.69) is 18.2 Å². The predicted octanol–water partition coefficient (Wildman–Crippen LogP) is 2.47. The van der Waals surface area contributed by atoms with Crippen LogP contribution in [0.2, 0.25) is 0 Å². The summed E-state index contributed by atoms with van der Waals surface area (Å²) in [4.78, 5) is 0. The molecule has 1 aromatic rings. The molecule has 0 bridgehead atoms. The highest BCUT2D eigenvalue weighted by Crippen LogP contribution is 2.40. The van der Waals surface area contributed by atoms with Gasteiger partial charge in [0.15, 0.2) is 0 Å². The Hall–Kier alpha value is -1.75. The van der Waals surface area contributed by atoms with Crippen LogP contribution >= 0.6 is 0 Å². The molecule has 0 saturated heterocycles. The lowest BCUT2D eigenvalue weighted by Crippen LogP contribution is -1.89. The molecule has 1 aliphatic carbocycles. The number of fused-ring (bicyclic) bond motifs is 3. The highest BCUT2D eigenvalue weighted by molar-refractivity contribution is 5.78. The van der Waals surface area contributed by atoms with E-state index in [0.29, 0.717) is 0 Å². The Bertz CT molecular complexity index is 494. The Morgan fingerprint density at radius 1 is 1.27 bits per heavy atom. The summed E-state index contributed by atoms with van der Waals surface area (Å²) in [6.07, 6.45) is 4.74. The summed E-state index contributed by atoms with van der Waals surface area (Å²) < 4.78 is 5.54. The minimum atomic E-state index is 0.783. The smallest absolute Gasteiger partial charge is 0.123 e. The van der Waals surface area contributed by atoms with Crippen LogP contribution in [0.25, 0.3) is 5.57 Å². The summed E-state index contributed by atoms with van der Waals surface area (Å²) in [5, 5.41) is 8.74. The first kappa shape index (κ1) is 8.55. The summed E-state index contributed by atoms with van der Waals surface area (Å²) >= 11 is 0. The van der Waals surface area contributed by atoms with E-state index < -0.39 is 0 Å². The third kappa shape index (κ3) is 1.16. The van der Waals surface area contributed by atoms with Crippen molar-refractivity contribution in [3.05, 3.63) is 34.9 Å². The molecule has 0 spiro atoms. The second kappa shape index (κ2) is 3.13. The third-order valence-corrected chi connectivity index (χ3v) is 3.19. The van der Waals surface area contributed by atoms with Crippen molar-refractivity contribution < 1.29 is 4.74 Å². The van der Waals surface area contributed by atoms with Gasteiger partial charge in [-0.15, -0.1) is 0 Å². The Kier molecular flexibility index (Phi) is 1.78. The van der Waals surface area contributed by atoms with Crippen LogP contribution in [-0.4, -0.2) is 6.61 Å². The molecule has 3 rings (SSSR count). The number of hydrogen-bond donors (Lipinski definition) is 0. The van der Waals surface area contributed by atoms with Crippen molar-refractivity contribution >= 4 is 5.57 Å². The maximum Gasteiger partial charge on any atom is 0.123 e. The molecule has 0 amide bonds. The molecule has 15 heavy (non-hydrogen) atoms. The van der Waals surface area contributed by atoms with Crippen molar-refractivity contribution in [2.75, 3.05) is 6.61 Å². The zero-order valence-corrected chi connectivity index (χ0v) is 8.42. The second-order valence-electron chi connectivity index (χ2n) is 3.97. The topological polar surface area (TPSA) is 33.0 Å².